The van der Waals surface area contributed by atoms with Crippen LogP contribution in [0.5, 0.6) is 0 Å². The number of carbonyl (C=O) groups excluding carboxylic acids is 1. The molecule has 1 aliphatic carbocycles. The molecule has 1 fully saturated rings. The second-order valence-corrected chi connectivity index (χ2v) is 6.16. The lowest BCUT2D eigenvalue weighted by Crippen LogP contribution is -2.45. The van der Waals surface area contributed by atoms with E-state index in [0.717, 1.165) is 18.4 Å². The third-order valence-corrected chi connectivity index (χ3v) is 4.43. The number of benzene rings is 1. The van der Waals surface area contributed by atoms with Gasteiger partial charge in [-0.25, -0.2) is 0 Å². The number of halogens is 2. The maximum absolute atomic E-state index is 12.0. The first-order valence-electron chi connectivity index (χ1n) is 7.04. The minimum Gasteiger partial charge on any atom is -0.352 e. The Labute approximate surface area is 130 Å². The first-order chi connectivity index (χ1) is 9.56. The van der Waals surface area contributed by atoms with Gasteiger partial charge in [0.15, 0.2) is 0 Å². The van der Waals surface area contributed by atoms with E-state index in [1.54, 1.807) is 6.07 Å². The molecule has 0 aliphatic heterocycles. The minimum absolute atomic E-state index is 0.0666. The summed E-state index contributed by atoms with van der Waals surface area (Å²) in [4.78, 5) is 12.0. The Kier molecular flexibility index (Phi) is 5.70. The van der Waals surface area contributed by atoms with Crippen molar-refractivity contribution in [3.63, 3.8) is 0 Å². The van der Waals surface area contributed by atoms with E-state index in [1.165, 1.54) is 12.8 Å². The van der Waals surface area contributed by atoms with Gasteiger partial charge in [0.25, 0.3) is 0 Å². The molecular weight excluding hydrogens is 295 g/mol. The highest BCUT2D eigenvalue weighted by molar-refractivity contribution is 6.42. The molecule has 2 rings (SSSR count). The predicted octanol–water partition coefficient (Wildman–Crippen LogP) is 3.53. The van der Waals surface area contributed by atoms with Crippen molar-refractivity contribution < 1.29 is 4.79 Å². The summed E-state index contributed by atoms with van der Waals surface area (Å²) in [7, 11) is 0. The largest absolute Gasteiger partial charge is 0.352 e. The van der Waals surface area contributed by atoms with Gasteiger partial charge in [0.2, 0.25) is 5.91 Å². The van der Waals surface area contributed by atoms with Gasteiger partial charge in [-0.3, -0.25) is 4.79 Å². The monoisotopic (exact) mass is 314 g/mol. The fourth-order valence-corrected chi connectivity index (χ4v) is 2.73. The summed E-state index contributed by atoms with van der Waals surface area (Å²) in [6.45, 7) is 2.47. The standard InChI is InChI=1S/C15H20Cl2N2O/c1-10(15(20)19-12-4-2-3-5-12)18-9-11-6-7-13(16)14(17)8-11/h6-8,10,12,18H,2-5,9H2,1H3,(H,19,20). The van der Waals surface area contributed by atoms with Gasteiger partial charge >= 0.3 is 0 Å². The molecule has 110 valence electrons. The first kappa shape index (κ1) is 15.6. The maximum atomic E-state index is 12.0. The highest BCUT2D eigenvalue weighted by atomic mass is 35.5. The molecule has 1 saturated carbocycles. The van der Waals surface area contributed by atoms with E-state index < -0.39 is 0 Å². The molecule has 20 heavy (non-hydrogen) atoms. The Morgan fingerprint density at radius 2 is 2.00 bits per heavy atom. The number of carbonyl (C=O) groups is 1. The van der Waals surface area contributed by atoms with Crippen LogP contribution < -0.4 is 10.6 Å². The molecule has 1 amide bonds. The van der Waals surface area contributed by atoms with Crippen LogP contribution in [0.4, 0.5) is 0 Å². The number of amides is 1. The van der Waals surface area contributed by atoms with Crippen LogP contribution in [0.2, 0.25) is 10.0 Å². The average Bonchev–Trinajstić information content (AvgIpc) is 2.92. The van der Waals surface area contributed by atoms with E-state index in [1.807, 2.05) is 19.1 Å². The molecule has 1 aliphatic rings. The number of hydrogen-bond acceptors (Lipinski definition) is 2. The lowest BCUT2D eigenvalue weighted by molar-refractivity contribution is -0.123. The number of hydrogen-bond donors (Lipinski definition) is 2. The van der Waals surface area contributed by atoms with Crippen molar-refractivity contribution in [3.8, 4) is 0 Å². The van der Waals surface area contributed by atoms with Crippen molar-refractivity contribution in [2.45, 2.75) is 51.2 Å². The molecule has 0 radical (unpaired) electrons. The lowest BCUT2D eigenvalue weighted by Gasteiger charge is -2.18. The average molecular weight is 315 g/mol. The molecule has 1 aromatic carbocycles. The summed E-state index contributed by atoms with van der Waals surface area (Å²) in [6.07, 6.45) is 4.64. The number of nitrogens with one attached hydrogen (secondary N) is 2. The zero-order chi connectivity index (χ0) is 14.5. The summed E-state index contributed by atoms with van der Waals surface area (Å²) in [5.74, 6) is 0.0666. The van der Waals surface area contributed by atoms with Crippen molar-refractivity contribution in [1.82, 2.24) is 10.6 Å². The van der Waals surface area contributed by atoms with Gasteiger partial charge < -0.3 is 10.6 Å². The molecular formula is C15H20Cl2N2O. The lowest BCUT2D eigenvalue weighted by atomic mass is 10.2. The highest BCUT2D eigenvalue weighted by Crippen LogP contribution is 2.22. The summed E-state index contributed by atoms with van der Waals surface area (Å²) in [5.41, 5.74) is 1.01. The predicted molar refractivity (Wildman–Crippen MR) is 83.2 cm³/mol. The minimum atomic E-state index is -0.218. The molecule has 0 spiro atoms. The molecule has 1 atom stereocenters. The Morgan fingerprint density at radius 3 is 2.65 bits per heavy atom. The summed E-state index contributed by atoms with van der Waals surface area (Å²) >= 11 is 11.8. The van der Waals surface area contributed by atoms with Gasteiger partial charge in [0.1, 0.15) is 0 Å². The summed E-state index contributed by atoms with van der Waals surface area (Å²) in [5, 5.41) is 7.37. The second-order valence-electron chi connectivity index (χ2n) is 5.34. The molecule has 0 heterocycles. The molecule has 1 unspecified atom stereocenters. The van der Waals surface area contributed by atoms with Crippen LogP contribution in [0.25, 0.3) is 0 Å². The summed E-state index contributed by atoms with van der Waals surface area (Å²) < 4.78 is 0. The van der Waals surface area contributed by atoms with Gasteiger partial charge in [-0.15, -0.1) is 0 Å². The van der Waals surface area contributed by atoms with Crippen molar-refractivity contribution in [3.05, 3.63) is 33.8 Å². The fourth-order valence-electron chi connectivity index (χ4n) is 2.41. The van der Waals surface area contributed by atoms with Crippen LogP contribution in [0.3, 0.4) is 0 Å². The Bertz CT molecular complexity index is 473. The Balaban J connectivity index is 1.79. The molecule has 2 N–H and O–H groups in total. The Morgan fingerprint density at radius 1 is 1.30 bits per heavy atom. The molecule has 5 heteroatoms. The van der Waals surface area contributed by atoms with Crippen LogP contribution in [0, 0.1) is 0 Å². The first-order valence-corrected chi connectivity index (χ1v) is 7.79. The Hall–Kier alpha value is -0.770. The van der Waals surface area contributed by atoms with Crippen LogP contribution in [0.1, 0.15) is 38.2 Å². The third kappa shape index (κ3) is 4.37. The third-order valence-electron chi connectivity index (χ3n) is 3.69. The van der Waals surface area contributed by atoms with Crippen molar-refractivity contribution in [2.75, 3.05) is 0 Å². The van der Waals surface area contributed by atoms with E-state index in [2.05, 4.69) is 10.6 Å². The quantitative estimate of drug-likeness (QED) is 0.873. The highest BCUT2D eigenvalue weighted by Gasteiger charge is 2.20. The van der Waals surface area contributed by atoms with Crippen LogP contribution in [0.15, 0.2) is 18.2 Å². The molecule has 0 bridgehead atoms. The molecule has 1 aromatic rings. The maximum Gasteiger partial charge on any atom is 0.237 e. The topological polar surface area (TPSA) is 41.1 Å². The molecule has 0 saturated heterocycles. The van der Waals surface area contributed by atoms with Crippen molar-refractivity contribution in [1.29, 1.82) is 0 Å². The van der Waals surface area contributed by atoms with Gasteiger partial charge in [0, 0.05) is 12.6 Å². The normalized spacial score (nSPS) is 17.1. The second kappa shape index (κ2) is 7.30. The number of rotatable bonds is 5. The van der Waals surface area contributed by atoms with Crippen molar-refractivity contribution in [2.24, 2.45) is 0 Å². The van der Waals surface area contributed by atoms with Crippen molar-refractivity contribution >= 4 is 29.1 Å². The zero-order valence-corrected chi connectivity index (χ0v) is 13.1. The van der Waals surface area contributed by atoms with Crippen LogP contribution in [-0.2, 0) is 11.3 Å². The van der Waals surface area contributed by atoms with E-state index in [-0.39, 0.29) is 11.9 Å². The molecule has 3 nitrogen and oxygen atoms in total. The molecule has 0 aromatic heterocycles. The van der Waals surface area contributed by atoms with E-state index in [4.69, 9.17) is 23.2 Å². The van der Waals surface area contributed by atoms with E-state index in [0.29, 0.717) is 22.6 Å². The van der Waals surface area contributed by atoms with Crippen LogP contribution >= 0.6 is 23.2 Å². The SMILES string of the molecule is CC(NCc1ccc(Cl)c(Cl)c1)C(=O)NC1CCCC1. The van der Waals surface area contributed by atoms with Gasteiger partial charge in [-0.05, 0) is 37.5 Å². The van der Waals surface area contributed by atoms with Crippen LogP contribution in [-0.4, -0.2) is 18.0 Å². The van der Waals surface area contributed by atoms with Gasteiger partial charge in [-0.2, -0.15) is 0 Å². The summed E-state index contributed by atoms with van der Waals surface area (Å²) in [6, 6.07) is 5.63. The van der Waals surface area contributed by atoms with Gasteiger partial charge in [0.05, 0.1) is 16.1 Å². The zero-order valence-electron chi connectivity index (χ0n) is 11.6. The fraction of sp³-hybridized carbons (Fsp3) is 0.533. The van der Waals surface area contributed by atoms with E-state index in [9.17, 15) is 4.79 Å². The van der Waals surface area contributed by atoms with E-state index >= 15 is 0 Å². The van der Waals surface area contributed by atoms with Gasteiger partial charge in [-0.1, -0.05) is 42.1 Å². The smallest absolute Gasteiger partial charge is 0.237 e.